The molecule has 1 saturated heterocycles. The lowest BCUT2D eigenvalue weighted by molar-refractivity contribution is -0.132. The van der Waals surface area contributed by atoms with E-state index < -0.39 is 5.97 Å². The third-order valence-corrected chi connectivity index (χ3v) is 2.64. The van der Waals surface area contributed by atoms with E-state index in [0.29, 0.717) is 19.1 Å². The van der Waals surface area contributed by atoms with E-state index in [9.17, 15) is 9.59 Å². The number of hydrogen-bond donors (Lipinski definition) is 1. The normalized spacial score (nSPS) is 23.3. The first-order chi connectivity index (χ1) is 7.00. The number of carboxylic acids is 1. The monoisotopic (exact) mass is 212 g/mol. The second kappa shape index (κ2) is 4.93. The van der Waals surface area contributed by atoms with E-state index in [1.807, 2.05) is 14.0 Å². The van der Waals surface area contributed by atoms with Crippen molar-refractivity contribution in [2.75, 3.05) is 26.7 Å². The van der Waals surface area contributed by atoms with E-state index >= 15 is 0 Å². The zero-order chi connectivity index (χ0) is 11.4. The number of carbonyl (C=O) groups excluding carboxylic acids is 1. The smallest absolute Gasteiger partial charge is 0.328 e. The Balaban J connectivity index is 2.51. The minimum atomic E-state index is -1.09. The number of aliphatic carboxylic acids is 1. The van der Waals surface area contributed by atoms with Crippen LogP contribution in [0.15, 0.2) is 12.2 Å². The molecule has 0 aromatic rings. The Kier molecular flexibility index (Phi) is 3.85. The predicted molar refractivity (Wildman–Crippen MR) is 55.4 cm³/mol. The molecule has 1 rings (SSSR count). The van der Waals surface area contributed by atoms with Crippen molar-refractivity contribution in [3.63, 3.8) is 0 Å². The molecule has 0 radical (unpaired) electrons. The maximum Gasteiger partial charge on any atom is 0.328 e. The van der Waals surface area contributed by atoms with Gasteiger partial charge in [-0.3, -0.25) is 4.79 Å². The molecule has 0 bridgehead atoms. The van der Waals surface area contributed by atoms with Crippen molar-refractivity contribution in [1.82, 2.24) is 9.80 Å². The average Bonchev–Trinajstić information content (AvgIpc) is 2.18. The van der Waals surface area contributed by atoms with Crippen molar-refractivity contribution in [1.29, 1.82) is 0 Å². The van der Waals surface area contributed by atoms with Crippen molar-refractivity contribution in [2.24, 2.45) is 0 Å². The Labute approximate surface area is 89.0 Å². The van der Waals surface area contributed by atoms with E-state index in [0.717, 1.165) is 18.7 Å². The number of nitrogens with zero attached hydrogens (tertiary/aromatic N) is 2. The van der Waals surface area contributed by atoms with Crippen molar-refractivity contribution in [3.8, 4) is 0 Å². The molecule has 1 aliphatic heterocycles. The number of carbonyl (C=O) groups is 2. The predicted octanol–water partition coefficient (Wildman–Crippen LogP) is -0.210. The summed E-state index contributed by atoms with van der Waals surface area (Å²) in [6.07, 6.45) is 1.99. The minimum absolute atomic E-state index is 0.225. The SMILES string of the molecule is CC1CN(C(=O)C=CC(=O)O)CCN1C. The second-order valence-electron chi connectivity index (χ2n) is 3.79. The van der Waals surface area contributed by atoms with Crippen molar-refractivity contribution in [3.05, 3.63) is 12.2 Å². The lowest BCUT2D eigenvalue weighted by Crippen LogP contribution is -2.51. The molecule has 1 atom stereocenters. The molecule has 84 valence electrons. The maximum atomic E-state index is 11.5. The van der Waals surface area contributed by atoms with Crippen molar-refractivity contribution >= 4 is 11.9 Å². The zero-order valence-electron chi connectivity index (χ0n) is 9.01. The van der Waals surface area contributed by atoms with Gasteiger partial charge >= 0.3 is 5.97 Å². The Morgan fingerprint density at radius 2 is 2.00 bits per heavy atom. The summed E-state index contributed by atoms with van der Waals surface area (Å²) in [6.45, 7) is 4.18. The molecule has 0 saturated carbocycles. The molecule has 0 aromatic heterocycles. The molecule has 1 unspecified atom stereocenters. The van der Waals surface area contributed by atoms with Gasteiger partial charge in [-0.2, -0.15) is 0 Å². The first kappa shape index (κ1) is 11.7. The highest BCUT2D eigenvalue weighted by molar-refractivity contribution is 5.93. The Morgan fingerprint density at radius 3 is 2.53 bits per heavy atom. The van der Waals surface area contributed by atoms with Crippen LogP contribution < -0.4 is 0 Å². The Bertz CT molecular complexity index is 288. The Morgan fingerprint density at radius 1 is 1.33 bits per heavy atom. The van der Waals surface area contributed by atoms with Crippen molar-refractivity contribution < 1.29 is 14.7 Å². The highest BCUT2D eigenvalue weighted by Gasteiger charge is 2.22. The number of amides is 1. The highest BCUT2D eigenvalue weighted by Crippen LogP contribution is 2.07. The van der Waals surface area contributed by atoms with Crippen LogP contribution in [0.5, 0.6) is 0 Å². The third kappa shape index (κ3) is 3.36. The zero-order valence-corrected chi connectivity index (χ0v) is 9.01. The molecule has 0 aliphatic carbocycles. The number of carboxylic acid groups (broad SMARTS) is 1. The topological polar surface area (TPSA) is 60.9 Å². The molecular formula is C10H16N2O3. The number of likely N-dealkylation sites (N-methyl/N-ethyl adjacent to an activating group) is 1. The third-order valence-electron chi connectivity index (χ3n) is 2.64. The molecule has 1 fully saturated rings. The van der Waals surface area contributed by atoms with Gasteiger partial charge in [0.05, 0.1) is 0 Å². The summed E-state index contributed by atoms with van der Waals surface area (Å²) < 4.78 is 0. The van der Waals surface area contributed by atoms with E-state index in [2.05, 4.69) is 4.90 Å². The largest absolute Gasteiger partial charge is 0.478 e. The molecule has 1 aliphatic rings. The standard InChI is InChI=1S/C10H16N2O3/c1-8-7-12(6-5-11(8)2)9(13)3-4-10(14)15/h3-4,8H,5-7H2,1-2H3,(H,14,15). The van der Waals surface area contributed by atoms with E-state index in [-0.39, 0.29) is 5.91 Å². The van der Waals surface area contributed by atoms with Gasteiger partial charge < -0.3 is 14.9 Å². The van der Waals surface area contributed by atoms with Crippen LogP contribution in [0.4, 0.5) is 0 Å². The summed E-state index contributed by atoms with van der Waals surface area (Å²) in [7, 11) is 2.01. The van der Waals surface area contributed by atoms with Crippen LogP contribution in [0.25, 0.3) is 0 Å². The van der Waals surface area contributed by atoms with Crippen LogP contribution in [-0.2, 0) is 9.59 Å². The van der Waals surface area contributed by atoms with E-state index in [4.69, 9.17) is 5.11 Å². The maximum absolute atomic E-state index is 11.5. The van der Waals surface area contributed by atoms with E-state index in [1.165, 1.54) is 0 Å². The van der Waals surface area contributed by atoms with Gasteiger partial charge in [-0.05, 0) is 14.0 Å². The summed E-state index contributed by atoms with van der Waals surface area (Å²) in [5.41, 5.74) is 0. The number of piperazine rings is 1. The van der Waals surface area contributed by atoms with Crippen LogP contribution in [-0.4, -0.2) is 59.5 Å². The van der Waals surface area contributed by atoms with Gasteiger partial charge in [0, 0.05) is 37.8 Å². The number of hydrogen-bond acceptors (Lipinski definition) is 3. The minimum Gasteiger partial charge on any atom is -0.478 e. The lowest BCUT2D eigenvalue weighted by Gasteiger charge is -2.37. The fraction of sp³-hybridized carbons (Fsp3) is 0.600. The molecule has 0 aromatic carbocycles. The first-order valence-corrected chi connectivity index (χ1v) is 4.91. The van der Waals surface area contributed by atoms with Crippen LogP contribution in [0.2, 0.25) is 0 Å². The quantitative estimate of drug-likeness (QED) is 0.643. The van der Waals surface area contributed by atoms with Gasteiger partial charge in [0.15, 0.2) is 0 Å². The van der Waals surface area contributed by atoms with Gasteiger partial charge in [-0.15, -0.1) is 0 Å². The molecule has 15 heavy (non-hydrogen) atoms. The van der Waals surface area contributed by atoms with Gasteiger partial charge in [0.1, 0.15) is 0 Å². The highest BCUT2D eigenvalue weighted by atomic mass is 16.4. The number of rotatable bonds is 2. The summed E-state index contributed by atoms with van der Waals surface area (Å²) >= 11 is 0. The fourth-order valence-electron chi connectivity index (χ4n) is 1.50. The van der Waals surface area contributed by atoms with Gasteiger partial charge in [-0.1, -0.05) is 0 Å². The molecule has 0 spiro atoms. The lowest BCUT2D eigenvalue weighted by atomic mass is 10.2. The second-order valence-corrected chi connectivity index (χ2v) is 3.79. The van der Waals surface area contributed by atoms with Crippen LogP contribution in [0, 0.1) is 0 Å². The summed E-state index contributed by atoms with van der Waals surface area (Å²) in [5.74, 6) is -1.32. The Hall–Kier alpha value is -1.36. The van der Waals surface area contributed by atoms with Gasteiger partial charge in [0.25, 0.3) is 0 Å². The van der Waals surface area contributed by atoms with Crippen LogP contribution in [0.1, 0.15) is 6.92 Å². The molecule has 5 heteroatoms. The molecule has 1 amide bonds. The van der Waals surface area contributed by atoms with Crippen LogP contribution in [0.3, 0.4) is 0 Å². The fourth-order valence-corrected chi connectivity index (χ4v) is 1.50. The summed E-state index contributed by atoms with van der Waals surface area (Å²) in [4.78, 5) is 25.6. The molecular weight excluding hydrogens is 196 g/mol. The first-order valence-electron chi connectivity index (χ1n) is 4.91. The van der Waals surface area contributed by atoms with Crippen molar-refractivity contribution in [2.45, 2.75) is 13.0 Å². The average molecular weight is 212 g/mol. The van der Waals surface area contributed by atoms with Gasteiger partial charge in [0.2, 0.25) is 5.91 Å². The van der Waals surface area contributed by atoms with Gasteiger partial charge in [-0.25, -0.2) is 4.79 Å². The molecule has 1 N–H and O–H groups in total. The summed E-state index contributed by atoms with van der Waals surface area (Å²) in [6, 6.07) is 0.320. The molecule has 1 heterocycles. The van der Waals surface area contributed by atoms with E-state index in [1.54, 1.807) is 4.90 Å². The molecule has 5 nitrogen and oxygen atoms in total. The van der Waals surface area contributed by atoms with Crippen LogP contribution >= 0.6 is 0 Å². The summed E-state index contributed by atoms with van der Waals surface area (Å²) in [5, 5.41) is 8.39.